The third-order valence-electron chi connectivity index (χ3n) is 11.9. The van der Waals surface area contributed by atoms with Gasteiger partial charge in [-0.25, -0.2) is 0 Å². The third-order valence-corrected chi connectivity index (χ3v) is 11.9. The highest BCUT2D eigenvalue weighted by Gasteiger charge is 2.16. The summed E-state index contributed by atoms with van der Waals surface area (Å²) in [6, 6.07) is 92.2. The third kappa shape index (κ3) is 8.63. The molecule has 0 saturated heterocycles. The number of para-hydroxylation sites is 4. The summed E-state index contributed by atoms with van der Waals surface area (Å²) in [5, 5.41) is 0. The van der Waals surface area contributed by atoms with Gasteiger partial charge in [0.15, 0.2) is 0 Å². The van der Waals surface area contributed by atoms with Crippen LogP contribution in [0.5, 0.6) is 0 Å². The van der Waals surface area contributed by atoms with Crippen LogP contribution in [-0.4, -0.2) is 0 Å². The van der Waals surface area contributed by atoms with E-state index in [9.17, 15) is 0 Å². The summed E-state index contributed by atoms with van der Waals surface area (Å²) >= 11 is 0. The standard InChI is InChI=1S/C62H48N2/c1-45-23-27-47(28-24-45)51-39-53(49-31-35-61(36-32-49)63(57-15-7-3-8-16-57)58-17-9-4-10-18-58)43-55(41-51)56-42-52(48-29-25-46(2)26-30-48)40-54(44-56)50-33-37-62(38-34-50)64(59-19-11-5-12-20-59)60-21-13-6-14-22-60/h3-44H,1-2H3. The summed E-state index contributed by atoms with van der Waals surface area (Å²) in [4.78, 5) is 4.62. The molecule has 10 aromatic carbocycles. The van der Waals surface area contributed by atoms with Crippen LogP contribution < -0.4 is 9.80 Å². The van der Waals surface area contributed by atoms with Gasteiger partial charge >= 0.3 is 0 Å². The molecule has 0 fully saturated rings. The van der Waals surface area contributed by atoms with Crippen LogP contribution >= 0.6 is 0 Å². The number of hydrogen-bond donors (Lipinski definition) is 0. The molecule has 2 nitrogen and oxygen atoms in total. The first kappa shape index (κ1) is 39.9. The van der Waals surface area contributed by atoms with E-state index in [0.717, 1.165) is 45.3 Å². The van der Waals surface area contributed by atoms with E-state index in [1.807, 2.05) is 0 Å². The minimum Gasteiger partial charge on any atom is -0.311 e. The Morgan fingerprint density at radius 2 is 0.375 bits per heavy atom. The second kappa shape index (κ2) is 18.0. The SMILES string of the molecule is Cc1ccc(-c2cc(-c3ccc(N(c4ccccc4)c4ccccc4)cc3)cc(-c3cc(-c4ccc(C)cc4)cc(-c4ccc(N(c5ccccc5)c5ccccc5)cc4)c3)c2)cc1. The topological polar surface area (TPSA) is 6.48 Å². The van der Waals surface area contributed by atoms with Crippen LogP contribution in [-0.2, 0) is 0 Å². The molecule has 0 aliphatic heterocycles. The second-order valence-electron chi connectivity index (χ2n) is 16.4. The lowest BCUT2D eigenvalue weighted by molar-refractivity contribution is 1.28. The maximum Gasteiger partial charge on any atom is 0.0462 e. The van der Waals surface area contributed by atoms with Gasteiger partial charge in [-0.1, -0.05) is 157 Å². The summed E-state index contributed by atoms with van der Waals surface area (Å²) < 4.78 is 0. The molecule has 64 heavy (non-hydrogen) atoms. The molecule has 0 atom stereocenters. The zero-order valence-electron chi connectivity index (χ0n) is 36.1. The Kier molecular flexibility index (Phi) is 11.2. The Morgan fingerprint density at radius 3 is 0.609 bits per heavy atom. The van der Waals surface area contributed by atoms with E-state index in [1.165, 1.54) is 55.6 Å². The van der Waals surface area contributed by atoms with Crippen LogP contribution in [0.3, 0.4) is 0 Å². The fourth-order valence-electron chi connectivity index (χ4n) is 8.56. The van der Waals surface area contributed by atoms with Crippen molar-refractivity contribution in [3.05, 3.63) is 266 Å². The highest BCUT2D eigenvalue weighted by Crippen LogP contribution is 2.41. The van der Waals surface area contributed by atoms with Crippen molar-refractivity contribution >= 4 is 34.1 Å². The van der Waals surface area contributed by atoms with E-state index in [1.54, 1.807) is 0 Å². The largest absolute Gasteiger partial charge is 0.311 e. The Balaban J connectivity index is 1.08. The summed E-state index contributed by atoms with van der Waals surface area (Å²) in [5.74, 6) is 0. The Morgan fingerprint density at radius 1 is 0.188 bits per heavy atom. The first-order chi connectivity index (χ1) is 31.5. The van der Waals surface area contributed by atoms with Crippen molar-refractivity contribution in [2.24, 2.45) is 0 Å². The van der Waals surface area contributed by atoms with Gasteiger partial charge in [0.05, 0.1) is 0 Å². The summed E-state index contributed by atoms with van der Waals surface area (Å²) in [6.45, 7) is 4.29. The lowest BCUT2D eigenvalue weighted by Crippen LogP contribution is -2.09. The molecule has 10 rings (SSSR count). The van der Waals surface area contributed by atoms with Crippen molar-refractivity contribution in [1.82, 2.24) is 0 Å². The predicted molar refractivity (Wildman–Crippen MR) is 272 cm³/mol. The summed E-state index contributed by atoms with van der Waals surface area (Å²) in [6.07, 6.45) is 0. The average Bonchev–Trinajstić information content (AvgIpc) is 3.36. The molecule has 0 saturated carbocycles. The number of anilines is 6. The second-order valence-corrected chi connectivity index (χ2v) is 16.4. The van der Waals surface area contributed by atoms with Crippen molar-refractivity contribution in [2.75, 3.05) is 9.80 Å². The smallest absolute Gasteiger partial charge is 0.0462 e. The molecule has 0 spiro atoms. The normalized spacial score (nSPS) is 11.0. The molecule has 2 heteroatoms. The zero-order valence-corrected chi connectivity index (χ0v) is 36.1. The molecule has 0 aromatic heterocycles. The molecule has 10 aromatic rings. The predicted octanol–water partition coefficient (Wildman–Crippen LogP) is 17.6. The molecule has 0 N–H and O–H groups in total. The highest BCUT2D eigenvalue weighted by molar-refractivity contribution is 5.88. The minimum atomic E-state index is 1.10. The van der Waals surface area contributed by atoms with Crippen molar-refractivity contribution in [1.29, 1.82) is 0 Å². The molecule has 0 heterocycles. The van der Waals surface area contributed by atoms with E-state index in [4.69, 9.17) is 0 Å². The fourth-order valence-corrected chi connectivity index (χ4v) is 8.56. The van der Waals surface area contributed by atoms with Gasteiger partial charge in [-0.2, -0.15) is 0 Å². The number of rotatable bonds is 11. The first-order valence-corrected chi connectivity index (χ1v) is 22.0. The molecule has 0 bridgehead atoms. The molecule has 306 valence electrons. The molecular weight excluding hydrogens is 773 g/mol. The Labute approximate surface area is 377 Å². The van der Waals surface area contributed by atoms with Crippen LogP contribution in [0, 0.1) is 13.8 Å². The van der Waals surface area contributed by atoms with Crippen molar-refractivity contribution < 1.29 is 0 Å². The van der Waals surface area contributed by atoms with Crippen LogP contribution in [0.15, 0.2) is 255 Å². The average molecular weight is 821 g/mol. The number of nitrogens with zero attached hydrogens (tertiary/aromatic N) is 2. The van der Waals surface area contributed by atoms with E-state index in [0.29, 0.717) is 0 Å². The molecular formula is C62H48N2. The van der Waals surface area contributed by atoms with Gasteiger partial charge in [0.2, 0.25) is 0 Å². The lowest BCUT2D eigenvalue weighted by atomic mass is 9.89. The van der Waals surface area contributed by atoms with Crippen molar-refractivity contribution in [2.45, 2.75) is 13.8 Å². The Bertz CT molecular complexity index is 2810. The van der Waals surface area contributed by atoms with Gasteiger partial charge in [-0.15, -0.1) is 0 Å². The minimum absolute atomic E-state index is 1.10. The van der Waals surface area contributed by atoms with Crippen molar-refractivity contribution in [3.8, 4) is 55.6 Å². The van der Waals surface area contributed by atoms with Gasteiger partial charge in [-0.3, -0.25) is 0 Å². The molecule has 0 radical (unpaired) electrons. The van der Waals surface area contributed by atoms with Crippen LogP contribution in [0.4, 0.5) is 34.1 Å². The number of hydrogen-bond acceptors (Lipinski definition) is 2. The Hall–Kier alpha value is -8.20. The molecule has 0 amide bonds. The van der Waals surface area contributed by atoms with Gasteiger partial charge in [0.1, 0.15) is 0 Å². The quantitative estimate of drug-likeness (QED) is 0.128. The molecule has 0 unspecified atom stereocenters. The maximum absolute atomic E-state index is 2.36. The zero-order chi connectivity index (χ0) is 43.2. The van der Waals surface area contributed by atoms with E-state index in [2.05, 4.69) is 278 Å². The summed E-state index contributed by atoms with van der Waals surface area (Å²) in [7, 11) is 0. The van der Waals surface area contributed by atoms with E-state index >= 15 is 0 Å². The van der Waals surface area contributed by atoms with Gasteiger partial charge in [0, 0.05) is 34.1 Å². The monoisotopic (exact) mass is 820 g/mol. The fraction of sp³-hybridized carbons (Fsp3) is 0.0323. The van der Waals surface area contributed by atoms with Crippen LogP contribution in [0.1, 0.15) is 11.1 Å². The van der Waals surface area contributed by atoms with Gasteiger partial charge < -0.3 is 9.80 Å². The van der Waals surface area contributed by atoms with Gasteiger partial charge in [-0.05, 0) is 179 Å². The lowest BCUT2D eigenvalue weighted by Gasteiger charge is -2.25. The highest BCUT2D eigenvalue weighted by atomic mass is 15.1. The summed E-state index contributed by atoms with van der Waals surface area (Å²) in [5.41, 5.74) is 20.9. The maximum atomic E-state index is 2.36. The van der Waals surface area contributed by atoms with E-state index in [-0.39, 0.29) is 0 Å². The first-order valence-electron chi connectivity index (χ1n) is 22.0. The molecule has 0 aliphatic carbocycles. The van der Waals surface area contributed by atoms with Crippen LogP contribution in [0.2, 0.25) is 0 Å². The number of benzene rings is 10. The van der Waals surface area contributed by atoms with Gasteiger partial charge in [0.25, 0.3) is 0 Å². The molecule has 0 aliphatic rings. The number of aryl methyl sites for hydroxylation is 2. The van der Waals surface area contributed by atoms with E-state index < -0.39 is 0 Å². The van der Waals surface area contributed by atoms with Crippen molar-refractivity contribution in [3.63, 3.8) is 0 Å². The van der Waals surface area contributed by atoms with Crippen LogP contribution in [0.25, 0.3) is 55.6 Å².